The van der Waals surface area contributed by atoms with Crippen LogP contribution in [-0.4, -0.2) is 26.3 Å². The van der Waals surface area contributed by atoms with E-state index in [9.17, 15) is 17.6 Å². The van der Waals surface area contributed by atoms with Gasteiger partial charge in [-0.2, -0.15) is 0 Å². The molecule has 0 radical (unpaired) electrons. The van der Waals surface area contributed by atoms with E-state index in [1.165, 1.54) is 17.0 Å². The summed E-state index contributed by atoms with van der Waals surface area (Å²) in [4.78, 5) is 14.2. The van der Waals surface area contributed by atoms with E-state index in [2.05, 4.69) is 4.72 Å². The highest BCUT2D eigenvalue weighted by Gasteiger charge is 2.21. The maximum absolute atomic E-state index is 13.1. The molecule has 28 heavy (non-hydrogen) atoms. The van der Waals surface area contributed by atoms with Crippen LogP contribution in [0.2, 0.25) is 0 Å². The number of sulfonamides is 1. The number of carbonyl (C=O) groups is 1. The predicted molar refractivity (Wildman–Crippen MR) is 103 cm³/mol. The molecule has 0 bridgehead atoms. The standard InChI is InChI=1S/C20H19FN2O4S/c1-14-7-10-16(27-14)13-23(2)20(24)18-5-3-4-6-19(18)22-28(25,26)17-11-8-15(21)9-12-17/h3-12,22H,13H2,1-2H3. The van der Waals surface area contributed by atoms with Crippen molar-refractivity contribution < 1.29 is 22.0 Å². The van der Waals surface area contributed by atoms with E-state index in [1.54, 1.807) is 31.3 Å². The minimum absolute atomic E-state index is 0.101. The Hall–Kier alpha value is -3.13. The van der Waals surface area contributed by atoms with Crippen LogP contribution in [0.3, 0.4) is 0 Å². The van der Waals surface area contributed by atoms with Crippen molar-refractivity contribution in [1.82, 2.24) is 4.90 Å². The second-order valence-electron chi connectivity index (χ2n) is 6.28. The van der Waals surface area contributed by atoms with Gasteiger partial charge in [-0.15, -0.1) is 0 Å². The van der Waals surface area contributed by atoms with E-state index in [0.717, 1.165) is 30.0 Å². The summed E-state index contributed by atoms with van der Waals surface area (Å²) in [5.74, 6) is 0.455. The molecule has 0 spiro atoms. The molecule has 0 saturated heterocycles. The fraction of sp³-hybridized carbons (Fsp3) is 0.150. The molecule has 1 N–H and O–H groups in total. The van der Waals surface area contributed by atoms with E-state index < -0.39 is 15.8 Å². The molecule has 0 atom stereocenters. The smallest absolute Gasteiger partial charge is 0.261 e. The maximum atomic E-state index is 13.1. The zero-order valence-electron chi connectivity index (χ0n) is 15.3. The lowest BCUT2D eigenvalue weighted by molar-refractivity contribution is 0.0776. The number of aryl methyl sites for hydroxylation is 1. The lowest BCUT2D eigenvalue weighted by Crippen LogP contribution is -2.27. The number of para-hydroxylation sites is 1. The molecule has 0 unspecified atom stereocenters. The van der Waals surface area contributed by atoms with Crippen molar-refractivity contribution in [3.05, 3.63) is 83.6 Å². The van der Waals surface area contributed by atoms with Gasteiger partial charge in [0.2, 0.25) is 0 Å². The molecule has 146 valence electrons. The molecular weight excluding hydrogens is 383 g/mol. The summed E-state index contributed by atoms with van der Waals surface area (Å²) in [6, 6.07) is 14.3. The monoisotopic (exact) mass is 402 g/mol. The highest BCUT2D eigenvalue weighted by molar-refractivity contribution is 7.92. The van der Waals surface area contributed by atoms with Crippen molar-refractivity contribution in [2.75, 3.05) is 11.8 Å². The quantitative estimate of drug-likeness (QED) is 0.680. The van der Waals surface area contributed by atoms with Crippen LogP contribution in [-0.2, 0) is 16.6 Å². The largest absolute Gasteiger partial charge is 0.464 e. The van der Waals surface area contributed by atoms with Crippen molar-refractivity contribution in [1.29, 1.82) is 0 Å². The molecule has 0 aliphatic rings. The molecule has 6 nitrogen and oxygen atoms in total. The van der Waals surface area contributed by atoms with E-state index in [-0.39, 0.29) is 28.6 Å². The van der Waals surface area contributed by atoms with Gasteiger partial charge in [0.1, 0.15) is 17.3 Å². The Morgan fingerprint density at radius 1 is 1.07 bits per heavy atom. The van der Waals surface area contributed by atoms with Crippen LogP contribution in [0.4, 0.5) is 10.1 Å². The lowest BCUT2D eigenvalue weighted by atomic mass is 10.1. The molecule has 1 amide bonds. The van der Waals surface area contributed by atoms with Gasteiger partial charge in [-0.05, 0) is 55.5 Å². The van der Waals surface area contributed by atoms with Gasteiger partial charge in [0.25, 0.3) is 15.9 Å². The molecule has 0 fully saturated rings. The first-order valence-electron chi connectivity index (χ1n) is 8.44. The van der Waals surface area contributed by atoms with Crippen molar-refractivity contribution >= 4 is 21.6 Å². The van der Waals surface area contributed by atoms with Gasteiger partial charge in [-0.25, -0.2) is 12.8 Å². The highest BCUT2D eigenvalue weighted by atomic mass is 32.2. The van der Waals surface area contributed by atoms with Crippen LogP contribution in [0.25, 0.3) is 0 Å². The fourth-order valence-corrected chi connectivity index (χ4v) is 3.74. The first kappa shape index (κ1) is 19.6. The highest BCUT2D eigenvalue weighted by Crippen LogP contribution is 2.22. The Labute approximate surface area is 162 Å². The van der Waals surface area contributed by atoms with Crippen LogP contribution in [0.1, 0.15) is 21.9 Å². The summed E-state index contributed by atoms with van der Waals surface area (Å²) in [6.45, 7) is 2.05. The minimum Gasteiger partial charge on any atom is -0.464 e. The molecule has 1 heterocycles. The third-order valence-electron chi connectivity index (χ3n) is 4.06. The third kappa shape index (κ3) is 4.40. The Morgan fingerprint density at radius 2 is 1.75 bits per heavy atom. The first-order chi connectivity index (χ1) is 13.3. The molecule has 2 aromatic carbocycles. The predicted octanol–water partition coefficient (Wildman–Crippen LogP) is 3.80. The van der Waals surface area contributed by atoms with Crippen molar-refractivity contribution in [2.45, 2.75) is 18.4 Å². The fourth-order valence-electron chi connectivity index (χ4n) is 2.66. The normalized spacial score (nSPS) is 11.2. The van der Waals surface area contributed by atoms with Crippen LogP contribution in [0.5, 0.6) is 0 Å². The molecule has 0 aliphatic carbocycles. The van der Waals surface area contributed by atoms with Gasteiger partial charge in [0.15, 0.2) is 0 Å². The number of carbonyl (C=O) groups excluding carboxylic acids is 1. The summed E-state index contributed by atoms with van der Waals surface area (Å²) in [5, 5.41) is 0. The van der Waals surface area contributed by atoms with Gasteiger partial charge in [-0.1, -0.05) is 12.1 Å². The minimum atomic E-state index is -3.97. The van der Waals surface area contributed by atoms with Gasteiger partial charge < -0.3 is 9.32 Å². The lowest BCUT2D eigenvalue weighted by Gasteiger charge is -2.18. The molecule has 1 aromatic heterocycles. The Bertz CT molecular complexity index is 1090. The van der Waals surface area contributed by atoms with Gasteiger partial charge in [0.05, 0.1) is 22.7 Å². The molecule has 0 aliphatic heterocycles. The molecule has 3 rings (SSSR count). The summed E-state index contributed by atoms with van der Waals surface area (Å²) in [6.07, 6.45) is 0. The number of rotatable bonds is 6. The summed E-state index contributed by atoms with van der Waals surface area (Å²) in [5.41, 5.74) is 0.332. The van der Waals surface area contributed by atoms with Crippen molar-refractivity contribution in [3.8, 4) is 0 Å². The van der Waals surface area contributed by atoms with Crippen LogP contribution in [0.15, 0.2) is 70.0 Å². The van der Waals surface area contributed by atoms with Gasteiger partial charge in [0, 0.05) is 7.05 Å². The number of nitrogens with zero attached hydrogens (tertiary/aromatic N) is 1. The number of nitrogens with one attached hydrogen (secondary N) is 1. The number of benzene rings is 2. The number of hydrogen-bond donors (Lipinski definition) is 1. The molecule has 8 heteroatoms. The average Bonchev–Trinajstić information content (AvgIpc) is 3.06. The SMILES string of the molecule is Cc1ccc(CN(C)C(=O)c2ccccc2NS(=O)(=O)c2ccc(F)cc2)o1. The summed E-state index contributed by atoms with van der Waals surface area (Å²) < 4.78 is 46.1. The van der Waals surface area contributed by atoms with E-state index in [4.69, 9.17) is 4.42 Å². The van der Waals surface area contributed by atoms with Gasteiger partial charge in [-0.3, -0.25) is 9.52 Å². The third-order valence-corrected chi connectivity index (χ3v) is 5.44. The van der Waals surface area contributed by atoms with Gasteiger partial charge >= 0.3 is 0 Å². The van der Waals surface area contributed by atoms with E-state index in [0.29, 0.717) is 5.76 Å². The van der Waals surface area contributed by atoms with Crippen molar-refractivity contribution in [2.24, 2.45) is 0 Å². The average molecular weight is 402 g/mol. The second kappa shape index (κ2) is 7.85. The number of hydrogen-bond acceptors (Lipinski definition) is 4. The first-order valence-corrected chi connectivity index (χ1v) is 9.93. The number of halogens is 1. The van der Waals surface area contributed by atoms with Crippen LogP contribution >= 0.6 is 0 Å². The molecular formula is C20H19FN2O4S. The van der Waals surface area contributed by atoms with Crippen LogP contribution in [0, 0.1) is 12.7 Å². The zero-order chi connectivity index (χ0) is 20.3. The number of furan rings is 1. The van der Waals surface area contributed by atoms with E-state index >= 15 is 0 Å². The second-order valence-corrected chi connectivity index (χ2v) is 7.96. The Morgan fingerprint density at radius 3 is 2.39 bits per heavy atom. The Kier molecular flexibility index (Phi) is 5.51. The molecule has 0 saturated carbocycles. The number of amides is 1. The molecule has 3 aromatic rings. The van der Waals surface area contributed by atoms with E-state index in [1.807, 2.05) is 6.92 Å². The zero-order valence-corrected chi connectivity index (χ0v) is 16.2. The Balaban J connectivity index is 1.84. The van der Waals surface area contributed by atoms with Crippen molar-refractivity contribution in [3.63, 3.8) is 0 Å². The summed E-state index contributed by atoms with van der Waals surface area (Å²) in [7, 11) is -2.37. The van der Waals surface area contributed by atoms with Crippen LogP contribution < -0.4 is 4.72 Å². The number of anilines is 1. The topological polar surface area (TPSA) is 79.6 Å². The summed E-state index contributed by atoms with van der Waals surface area (Å²) >= 11 is 0. The maximum Gasteiger partial charge on any atom is 0.261 e.